The first-order valence-corrected chi connectivity index (χ1v) is 17.3. The monoisotopic (exact) mass is 699 g/mol. The van der Waals surface area contributed by atoms with Gasteiger partial charge in [-0.3, -0.25) is 36.6 Å². The van der Waals surface area contributed by atoms with E-state index in [1.54, 1.807) is 0 Å². The zero-order chi connectivity index (χ0) is 32.8. The van der Waals surface area contributed by atoms with Crippen LogP contribution in [0.4, 0.5) is 5.82 Å². The van der Waals surface area contributed by atoms with Gasteiger partial charge in [-0.1, -0.05) is 0 Å². The number of hydrogen-bond donors (Lipinski definition) is 5. The Kier molecular flexibility index (Phi) is 7.37. The number of imidazole rings is 2. The van der Waals surface area contributed by atoms with Crippen molar-refractivity contribution in [2.45, 2.75) is 68.5 Å². The number of hydrogen-bond acceptors (Lipinski definition) is 17. The van der Waals surface area contributed by atoms with Gasteiger partial charge in [0.15, 0.2) is 35.1 Å². The number of phosphoric ester groups is 2. The van der Waals surface area contributed by atoms with Gasteiger partial charge >= 0.3 is 15.6 Å². The molecular weight excluding hydrogens is 672 g/mol. The average molecular weight is 699 g/mol. The van der Waals surface area contributed by atoms with Crippen LogP contribution in [0.15, 0.2) is 23.8 Å². The predicted octanol–water partition coefficient (Wildman–Crippen LogP) is -1.50. The van der Waals surface area contributed by atoms with Gasteiger partial charge in [-0.15, -0.1) is 0 Å². The number of nitrogens with zero attached hydrogens (tertiary/aromatic N) is 8. The first kappa shape index (κ1) is 31.1. The van der Waals surface area contributed by atoms with Crippen molar-refractivity contribution in [1.29, 1.82) is 0 Å². The Hall–Kier alpha value is -3.24. The third kappa shape index (κ3) is 5.21. The van der Waals surface area contributed by atoms with E-state index in [1.807, 2.05) is 0 Å². The zero-order valence-corrected chi connectivity index (χ0v) is 25.7. The lowest BCUT2D eigenvalue weighted by molar-refractivity contribution is -0.0672. The summed E-state index contributed by atoms with van der Waals surface area (Å²) in [6, 6.07) is 0. The molecule has 4 aromatic heterocycles. The summed E-state index contributed by atoms with van der Waals surface area (Å²) >= 11 is 0. The predicted molar refractivity (Wildman–Crippen MR) is 151 cm³/mol. The summed E-state index contributed by atoms with van der Waals surface area (Å²) in [5.74, 6) is 0.547. The summed E-state index contributed by atoms with van der Waals surface area (Å²) in [6.07, 6.45) is -7.53. The molecule has 4 aliphatic rings. The van der Waals surface area contributed by atoms with Crippen molar-refractivity contribution in [3.05, 3.63) is 35.2 Å². The van der Waals surface area contributed by atoms with Gasteiger partial charge in [-0.25, -0.2) is 34.0 Å². The highest BCUT2D eigenvalue weighted by atomic mass is 31.2. The molecule has 0 saturated carbocycles. The van der Waals surface area contributed by atoms with Crippen LogP contribution >= 0.6 is 15.6 Å². The second-order valence-electron chi connectivity index (χ2n) is 11.3. The molecule has 8 rings (SSSR count). The molecular formula is C23H27N9O13P2. The van der Waals surface area contributed by atoms with Crippen LogP contribution < -0.4 is 11.3 Å². The van der Waals surface area contributed by atoms with Crippen LogP contribution in [-0.4, -0.2) is 108 Å². The van der Waals surface area contributed by atoms with Crippen molar-refractivity contribution in [2.75, 3.05) is 18.9 Å². The van der Waals surface area contributed by atoms with E-state index < -0.39 is 77.9 Å². The summed E-state index contributed by atoms with van der Waals surface area (Å²) in [7, 11) is -10.1. The fourth-order valence-corrected chi connectivity index (χ4v) is 8.11. The van der Waals surface area contributed by atoms with Crippen LogP contribution in [0.25, 0.3) is 22.3 Å². The van der Waals surface area contributed by atoms with E-state index in [0.717, 1.165) is 6.33 Å². The van der Waals surface area contributed by atoms with Crippen LogP contribution in [-0.2, 0) is 49.7 Å². The number of aliphatic hydroxyl groups excluding tert-OH is 2. The average Bonchev–Trinajstić information content (AvgIpc) is 3.85. The van der Waals surface area contributed by atoms with Crippen molar-refractivity contribution in [3.8, 4) is 0 Å². The molecule has 24 heteroatoms. The summed E-state index contributed by atoms with van der Waals surface area (Å²) in [5, 5.41) is 22.3. The molecule has 252 valence electrons. The Morgan fingerprint density at radius 2 is 1.49 bits per heavy atom. The maximum Gasteiger partial charge on any atom is 0.472 e. The van der Waals surface area contributed by atoms with Crippen LogP contribution in [0, 0.1) is 0 Å². The highest BCUT2D eigenvalue weighted by Gasteiger charge is 2.54. The first-order valence-electron chi connectivity index (χ1n) is 14.3. The van der Waals surface area contributed by atoms with Gasteiger partial charge in [-0.2, -0.15) is 0 Å². The highest BCUT2D eigenvalue weighted by Crippen LogP contribution is 2.53. The maximum atomic E-state index is 13.3. The van der Waals surface area contributed by atoms with E-state index in [1.165, 1.54) is 26.4 Å². The normalized spacial score (nSPS) is 37.8. The Bertz CT molecular complexity index is 2040. The minimum absolute atomic E-state index is 0.0126. The number of aromatic nitrogens is 8. The lowest BCUT2D eigenvalue weighted by Crippen LogP contribution is -2.36. The molecule has 0 radical (unpaired) electrons. The van der Waals surface area contributed by atoms with Gasteiger partial charge in [0.05, 0.1) is 25.9 Å². The van der Waals surface area contributed by atoms with Crippen LogP contribution in [0.5, 0.6) is 0 Å². The van der Waals surface area contributed by atoms with E-state index in [9.17, 15) is 33.9 Å². The van der Waals surface area contributed by atoms with E-state index in [2.05, 4.69) is 24.9 Å². The molecule has 0 amide bonds. The number of aryl methyl sites for hydroxylation is 1. The van der Waals surface area contributed by atoms with Crippen LogP contribution in [0.2, 0.25) is 0 Å². The van der Waals surface area contributed by atoms with Crippen LogP contribution in [0.3, 0.4) is 0 Å². The molecule has 2 bridgehead atoms. The third-order valence-electron chi connectivity index (χ3n) is 8.42. The van der Waals surface area contributed by atoms with Gasteiger partial charge in [0.1, 0.15) is 54.3 Å². The summed E-state index contributed by atoms with van der Waals surface area (Å²) in [4.78, 5) is 55.1. The molecule has 2 unspecified atom stereocenters. The number of rotatable bonds is 2. The van der Waals surface area contributed by atoms with E-state index in [4.69, 9.17) is 33.3 Å². The first-order chi connectivity index (χ1) is 22.4. The minimum Gasteiger partial charge on any atom is -0.387 e. The summed E-state index contributed by atoms with van der Waals surface area (Å²) in [5.41, 5.74) is 5.90. The van der Waals surface area contributed by atoms with Crippen molar-refractivity contribution >= 4 is 43.8 Å². The fraction of sp³-hybridized carbons (Fsp3) is 0.565. The van der Waals surface area contributed by atoms with Gasteiger partial charge in [0, 0.05) is 13.0 Å². The van der Waals surface area contributed by atoms with Crippen molar-refractivity contribution in [2.24, 2.45) is 0 Å². The molecule has 8 heterocycles. The number of fused-ring (bicyclic) bond motifs is 6. The fourth-order valence-electron chi connectivity index (χ4n) is 6.21. The summed E-state index contributed by atoms with van der Waals surface area (Å²) < 4.78 is 63.3. The molecule has 3 fully saturated rings. The molecule has 6 N–H and O–H groups in total. The van der Waals surface area contributed by atoms with Crippen molar-refractivity contribution in [1.82, 2.24) is 38.6 Å². The number of nitrogens with two attached hydrogens (primary N) is 1. The van der Waals surface area contributed by atoms with Crippen molar-refractivity contribution in [3.63, 3.8) is 0 Å². The van der Waals surface area contributed by atoms with Crippen molar-refractivity contribution < 1.29 is 56.7 Å². The SMILES string of the molecule is Nc1ncnc2c1ncn2[C@@H]1O[C@@H]2COP(=O)(O)O[C@H]3[C@@H](O)[C@H](n4cnc5c(=O)n6c(nc54)CCC6)O[C@@H]3COP(=O)(O)O[C@@H]1[C@@H]2O. The molecule has 22 nitrogen and oxygen atoms in total. The number of anilines is 1. The summed E-state index contributed by atoms with van der Waals surface area (Å²) in [6.45, 7) is -1.10. The van der Waals surface area contributed by atoms with Gasteiger partial charge < -0.3 is 35.2 Å². The molecule has 47 heavy (non-hydrogen) atoms. The Labute approximate surface area is 261 Å². The molecule has 4 aromatic rings. The molecule has 0 aromatic carbocycles. The Morgan fingerprint density at radius 3 is 2.26 bits per heavy atom. The Balaban J connectivity index is 1.11. The molecule has 0 aliphatic carbocycles. The molecule has 3 saturated heterocycles. The standard InChI is InChI=1S/C23H27N9O13P2/c24-18-12-19(26-6-25-18)31(7-27-12)23-17-14(33)9(42-23)4-40-46(36,37)44-16-10(5-41-47(38,39)45-17)43-22(15(16)34)32-8-28-13-20(32)29-11-2-1-3-30(11)21(13)35/h6-10,14-17,22-23,33-34H,1-5H2,(H,36,37)(H,38,39)(H2,24,25,26)/t9-,10-,14-,15-,16-,17-,22-,23-/m1/s1. The number of ether oxygens (including phenoxy) is 2. The second-order valence-corrected chi connectivity index (χ2v) is 14.1. The second kappa shape index (κ2) is 11.2. The van der Waals surface area contributed by atoms with E-state index in [-0.39, 0.29) is 33.7 Å². The molecule has 10 atom stereocenters. The largest absolute Gasteiger partial charge is 0.472 e. The van der Waals surface area contributed by atoms with E-state index in [0.29, 0.717) is 25.2 Å². The van der Waals surface area contributed by atoms with Gasteiger partial charge in [0.25, 0.3) is 5.56 Å². The minimum atomic E-state index is -5.08. The quantitative estimate of drug-likeness (QED) is 0.149. The zero-order valence-electron chi connectivity index (χ0n) is 23.9. The van der Waals surface area contributed by atoms with E-state index >= 15 is 0 Å². The number of phosphoric acid groups is 2. The topological polar surface area (TPSA) is 293 Å². The van der Waals surface area contributed by atoms with Gasteiger partial charge in [0.2, 0.25) is 0 Å². The van der Waals surface area contributed by atoms with Gasteiger partial charge in [-0.05, 0) is 6.42 Å². The lowest BCUT2D eigenvalue weighted by atomic mass is 10.1. The number of aliphatic hydroxyl groups is 2. The third-order valence-corrected chi connectivity index (χ3v) is 10.4. The lowest BCUT2D eigenvalue weighted by Gasteiger charge is -2.25. The molecule has 0 spiro atoms. The smallest absolute Gasteiger partial charge is 0.387 e. The molecule has 4 aliphatic heterocycles. The number of nitrogen functional groups attached to an aromatic ring is 1. The van der Waals surface area contributed by atoms with Crippen LogP contribution in [0.1, 0.15) is 24.7 Å². The maximum absolute atomic E-state index is 13.3. The Morgan fingerprint density at radius 1 is 0.830 bits per heavy atom. The highest BCUT2D eigenvalue weighted by molar-refractivity contribution is 7.47.